The average Bonchev–Trinajstić information content (AvgIpc) is 3.54. The third-order valence-corrected chi connectivity index (χ3v) is 7.02. The Kier molecular flexibility index (Phi) is 5.98. The van der Waals surface area contributed by atoms with Gasteiger partial charge in [-0.25, -0.2) is 9.59 Å². The van der Waals surface area contributed by atoms with E-state index in [1.807, 2.05) is 35.2 Å². The molecule has 3 aliphatic rings. The van der Waals surface area contributed by atoms with Gasteiger partial charge in [0.25, 0.3) is 0 Å². The normalized spacial score (nSPS) is 24.5. The third-order valence-electron chi connectivity index (χ3n) is 7.02. The molecule has 7 heteroatoms. The van der Waals surface area contributed by atoms with Gasteiger partial charge in [0, 0.05) is 17.5 Å². The van der Waals surface area contributed by atoms with Crippen LogP contribution in [-0.4, -0.2) is 40.3 Å². The van der Waals surface area contributed by atoms with Crippen molar-refractivity contribution in [3.63, 3.8) is 0 Å². The van der Waals surface area contributed by atoms with Crippen LogP contribution >= 0.6 is 0 Å². The van der Waals surface area contributed by atoms with Crippen LogP contribution in [0.5, 0.6) is 0 Å². The van der Waals surface area contributed by atoms with Gasteiger partial charge in [-0.2, -0.15) is 0 Å². The van der Waals surface area contributed by atoms with Crippen molar-refractivity contribution in [2.24, 2.45) is 5.92 Å². The molecule has 174 valence electrons. The van der Waals surface area contributed by atoms with Crippen LogP contribution in [0.3, 0.4) is 0 Å². The van der Waals surface area contributed by atoms with Crippen LogP contribution in [0.4, 0.5) is 10.5 Å². The SMILES string of the molecule is C[C@H](OC(=O)N(C1CC1)C1c2ccccc2N(OCc2ccccc2)C2CCCC21)C(=O)O. The van der Waals surface area contributed by atoms with E-state index in [0.29, 0.717) is 6.61 Å². The van der Waals surface area contributed by atoms with E-state index in [9.17, 15) is 14.7 Å². The fraction of sp³-hybridized carbons (Fsp3) is 0.462. The summed E-state index contributed by atoms with van der Waals surface area (Å²) in [4.78, 5) is 32.8. The van der Waals surface area contributed by atoms with E-state index >= 15 is 0 Å². The number of carboxylic acid groups (broad SMARTS) is 1. The summed E-state index contributed by atoms with van der Waals surface area (Å²) < 4.78 is 5.37. The Morgan fingerprint density at radius 3 is 2.52 bits per heavy atom. The maximum Gasteiger partial charge on any atom is 0.411 e. The molecule has 0 saturated heterocycles. The largest absolute Gasteiger partial charge is 0.479 e. The van der Waals surface area contributed by atoms with Crippen LogP contribution in [0.2, 0.25) is 0 Å². The van der Waals surface area contributed by atoms with Crippen molar-refractivity contribution in [1.29, 1.82) is 0 Å². The Labute approximate surface area is 193 Å². The first-order valence-electron chi connectivity index (χ1n) is 11.8. The Morgan fingerprint density at radius 2 is 1.79 bits per heavy atom. The Balaban J connectivity index is 1.47. The fourth-order valence-electron chi connectivity index (χ4n) is 5.32. The minimum absolute atomic E-state index is 0.0922. The Morgan fingerprint density at radius 1 is 1.06 bits per heavy atom. The molecule has 2 aliphatic carbocycles. The predicted octanol–water partition coefficient (Wildman–Crippen LogP) is 4.92. The number of carbonyl (C=O) groups is 2. The molecule has 1 aliphatic heterocycles. The van der Waals surface area contributed by atoms with Crippen molar-refractivity contribution in [2.75, 3.05) is 5.06 Å². The molecule has 2 saturated carbocycles. The topological polar surface area (TPSA) is 79.3 Å². The molecule has 1 N–H and O–H groups in total. The van der Waals surface area contributed by atoms with Crippen LogP contribution in [0.1, 0.15) is 56.2 Å². The van der Waals surface area contributed by atoms with Gasteiger partial charge in [-0.3, -0.25) is 14.8 Å². The Hall–Kier alpha value is -3.06. The minimum atomic E-state index is -1.18. The summed E-state index contributed by atoms with van der Waals surface area (Å²) in [6.45, 7) is 1.88. The lowest BCUT2D eigenvalue weighted by Gasteiger charge is -2.47. The molecule has 2 aromatic rings. The molecule has 4 atom stereocenters. The molecule has 0 spiro atoms. The van der Waals surface area contributed by atoms with Crippen LogP contribution in [0.15, 0.2) is 54.6 Å². The van der Waals surface area contributed by atoms with Gasteiger partial charge in [-0.1, -0.05) is 55.0 Å². The van der Waals surface area contributed by atoms with Crippen molar-refractivity contribution in [1.82, 2.24) is 4.90 Å². The van der Waals surface area contributed by atoms with E-state index < -0.39 is 18.2 Å². The third kappa shape index (κ3) is 4.29. The highest BCUT2D eigenvalue weighted by Gasteiger charge is 2.51. The monoisotopic (exact) mass is 450 g/mol. The first-order valence-corrected chi connectivity index (χ1v) is 11.8. The van der Waals surface area contributed by atoms with E-state index in [2.05, 4.69) is 29.3 Å². The standard InChI is InChI=1S/C26H30N2O5/c1-17(25(29)30)33-26(31)27(19-14-15-19)24-20-10-5-6-12-22(20)28(23-13-7-11-21(23)24)32-16-18-8-3-2-4-9-18/h2-6,8-10,12,17,19,21,23-24H,7,11,13-16H2,1H3,(H,29,30)/t17-,21?,23?,24?/m0/s1. The summed E-state index contributed by atoms with van der Waals surface area (Å²) in [5, 5.41) is 11.3. The predicted molar refractivity (Wildman–Crippen MR) is 122 cm³/mol. The van der Waals surface area contributed by atoms with E-state index in [4.69, 9.17) is 9.57 Å². The minimum Gasteiger partial charge on any atom is -0.479 e. The second-order valence-electron chi connectivity index (χ2n) is 9.25. The van der Waals surface area contributed by atoms with Gasteiger partial charge in [0.15, 0.2) is 6.10 Å². The highest BCUT2D eigenvalue weighted by atomic mass is 16.7. The van der Waals surface area contributed by atoms with Crippen molar-refractivity contribution < 1.29 is 24.3 Å². The van der Waals surface area contributed by atoms with Gasteiger partial charge in [-0.05, 0) is 44.2 Å². The van der Waals surface area contributed by atoms with Crippen LogP contribution in [0.25, 0.3) is 0 Å². The van der Waals surface area contributed by atoms with Crippen LogP contribution in [0, 0.1) is 5.92 Å². The van der Waals surface area contributed by atoms with E-state index in [1.54, 1.807) is 0 Å². The average molecular weight is 451 g/mol. The molecule has 7 nitrogen and oxygen atoms in total. The van der Waals surface area contributed by atoms with Crippen molar-refractivity contribution in [3.8, 4) is 0 Å². The number of hydrogen-bond donors (Lipinski definition) is 1. The summed E-state index contributed by atoms with van der Waals surface area (Å²) in [5.74, 6) is -0.939. The number of carbonyl (C=O) groups excluding carboxylic acids is 1. The molecule has 1 heterocycles. The van der Waals surface area contributed by atoms with Crippen molar-refractivity contribution >= 4 is 17.7 Å². The second kappa shape index (κ2) is 9.06. The lowest BCUT2D eigenvalue weighted by molar-refractivity contribution is -0.146. The number of ether oxygens (including phenoxy) is 1. The number of anilines is 1. The molecule has 2 fully saturated rings. The van der Waals surface area contributed by atoms with Gasteiger partial charge in [-0.15, -0.1) is 0 Å². The lowest BCUT2D eigenvalue weighted by atomic mass is 9.82. The maximum atomic E-state index is 13.2. The number of nitrogens with zero attached hydrogens (tertiary/aromatic N) is 2. The number of hydroxylamine groups is 1. The molecule has 3 unspecified atom stereocenters. The highest BCUT2D eigenvalue weighted by molar-refractivity contribution is 5.78. The van der Waals surface area contributed by atoms with Crippen LogP contribution in [-0.2, 0) is 21.0 Å². The molecular formula is C26H30N2O5. The summed E-state index contributed by atoms with van der Waals surface area (Å²) in [5.41, 5.74) is 3.13. The van der Waals surface area contributed by atoms with E-state index in [-0.39, 0.29) is 24.0 Å². The molecule has 0 radical (unpaired) electrons. The zero-order chi connectivity index (χ0) is 22.9. The summed E-state index contributed by atoms with van der Waals surface area (Å²) >= 11 is 0. The molecule has 5 rings (SSSR count). The van der Waals surface area contributed by atoms with Crippen LogP contribution < -0.4 is 5.06 Å². The second-order valence-corrected chi connectivity index (χ2v) is 9.25. The first-order chi connectivity index (χ1) is 16.0. The zero-order valence-corrected chi connectivity index (χ0v) is 18.8. The number of fused-ring (bicyclic) bond motifs is 2. The van der Waals surface area contributed by atoms with Gasteiger partial charge < -0.3 is 9.84 Å². The van der Waals surface area contributed by atoms with Gasteiger partial charge >= 0.3 is 12.1 Å². The molecule has 0 aromatic heterocycles. The summed E-state index contributed by atoms with van der Waals surface area (Å²) in [7, 11) is 0. The first kappa shape index (κ1) is 21.8. The maximum absolute atomic E-state index is 13.2. The number of amides is 1. The highest BCUT2D eigenvalue weighted by Crippen LogP contribution is 2.52. The van der Waals surface area contributed by atoms with Gasteiger partial charge in [0.05, 0.1) is 24.4 Å². The van der Waals surface area contributed by atoms with Crippen molar-refractivity contribution in [3.05, 3.63) is 65.7 Å². The number of aliphatic carboxylic acids is 1. The molecular weight excluding hydrogens is 420 g/mol. The van der Waals surface area contributed by atoms with Gasteiger partial charge in [0.2, 0.25) is 0 Å². The van der Waals surface area contributed by atoms with E-state index in [1.165, 1.54) is 6.92 Å². The number of para-hydroxylation sites is 1. The summed E-state index contributed by atoms with van der Waals surface area (Å²) in [6, 6.07) is 18.3. The fourth-order valence-corrected chi connectivity index (χ4v) is 5.32. The zero-order valence-electron chi connectivity index (χ0n) is 18.8. The lowest BCUT2D eigenvalue weighted by Crippen LogP contribution is -2.51. The summed E-state index contributed by atoms with van der Waals surface area (Å²) in [6.07, 6.45) is 3.16. The Bertz CT molecular complexity index is 1010. The molecule has 0 bridgehead atoms. The molecule has 33 heavy (non-hydrogen) atoms. The number of hydrogen-bond acceptors (Lipinski definition) is 5. The van der Waals surface area contributed by atoms with Crippen molar-refractivity contribution in [2.45, 2.75) is 69.9 Å². The smallest absolute Gasteiger partial charge is 0.411 e. The van der Waals surface area contributed by atoms with Gasteiger partial charge in [0.1, 0.15) is 0 Å². The quantitative estimate of drug-likeness (QED) is 0.645. The number of carboxylic acids is 1. The number of rotatable bonds is 7. The molecule has 2 aromatic carbocycles. The van der Waals surface area contributed by atoms with E-state index in [0.717, 1.165) is 48.9 Å². The number of benzene rings is 2. The molecule has 1 amide bonds.